The molecule has 30 heavy (non-hydrogen) atoms. The van der Waals surface area contributed by atoms with E-state index < -0.39 is 3.42 Å². The maximum atomic E-state index is 5.34. The van der Waals surface area contributed by atoms with E-state index in [0.717, 1.165) is 50.4 Å². The molecule has 148 valence electrons. The molecule has 4 aromatic heterocycles. The largest absolute Gasteiger partial charge is 0.361 e. The van der Waals surface area contributed by atoms with E-state index in [1.807, 2.05) is 50.6 Å². The van der Waals surface area contributed by atoms with Crippen molar-refractivity contribution in [2.45, 2.75) is 17.3 Å². The molecule has 0 radical (unpaired) electrons. The molecule has 1 N–H and O–H groups in total. The van der Waals surface area contributed by atoms with Gasteiger partial charge in [0.2, 0.25) is 0 Å². The standard InChI is InChI=1S/C24H19IN4O/c1-15-22(16(2)30-29-15)17-12-20-23(28-13-17)19(14-27-20)24(25,18-8-4-3-5-9-18)21-10-6-7-11-26-21/h3-14,27H,1-2H3. The number of halogens is 1. The number of aromatic nitrogens is 4. The molecular formula is C24H19IN4O. The minimum Gasteiger partial charge on any atom is -0.361 e. The average Bonchev–Trinajstić information content (AvgIpc) is 3.37. The van der Waals surface area contributed by atoms with Crippen LogP contribution in [0.2, 0.25) is 0 Å². The van der Waals surface area contributed by atoms with Crippen LogP contribution in [0.4, 0.5) is 0 Å². The molecule has 0 fully saturated rings. The van der Waals surface area contributed by atoms with Crippen molar-refractivity contribution in [2.75, 3.05) is 0 Å². The molecule has 1 unspecified atom stereocenters. The third-order valence-corrected chi connectivity index (χ3v) is 7.15. The molecule has 0 saturated carbocycles. The summed E-state index contributed by atoms with van der Waals surface area (Å²) in [5, 5.41) is 4.07. The van der Waals surface area contributed by atoms with Crippen LogP contribution in [0.25, 0.3) is 22.2 Å². The van der Waals surface area contributed by atoms with Crippen LogP contribution in [-0.4, -0.2) is 20.1 Å². The van der Waals surface area contributed by atoms with Crippen LogP contribution in [0.1, 0.15) is 28.3 Å². The molecule has 0 spiro atoms. The van der Waals surface area contributed by atoms with Crippen LogP contribution < -0.4 is 0 Å². The third-order valence-electron chi connectivity index (χ3n) is 5.40. The second-order valence-electron chi connectivity index (χ2n) is 7.26. The summed E-state index contributed by atoms with van der Waals surface area (Å²) in [7, 11) is 0. The fraction of sp³-hybridized carbons (Fsp3) is 0.125. The van der Waals surface area contributed by atoms with E-state index in [9.17, 15) is 0 Å². The van der Waals surface area contributed by atoms with Gasteiger partial charge in [0.05, 0.1) is 22.4 Å². The maximum Gasteiger partial charge on any atom is 0.141 e. The van der Waals surface area contributed by atoms with Crippen LogP contribution in [0.5, 0.6) is 0 Å². The molecule has 0 aliphatic rings. The molecule has 5 rings (SSSR count). The fourth-order valence-corrected chi connectivity index (χ4v) is 5.07. The first-order valence-corrected chi connectivity index (χ1v) is 10.7. The molecular weight excluding hydrogens is 487 g/mol. The van der Waals surface area contributed by atoms with Gasteiger partial charge in [-0.05, 0) is 37.6 Å². The second-order valence-corrected chi connectivity index (χ2v) is 8.88. The van der Waals surface area contributed by atoms with Crippen molar-refractivity contribution in [1.82, 2.24) is 20.1 Å². The molecule has 0 saturated heterocycles. The molecule has 0 amide bonds. The van der Waals surface area contributed by atoms with E-state index in [4.69, 9.17) is 14.5 Å². The van der Waals surface area contributed by atoms with Crippen molar-refractivity contribution in [3.05, 3.63) is 101 Å². The smallest absolute Gasteiger partial charge is 0.141 e. The molecule has 1 aromatic carbocycles. The van der Waals surface area contributed by atoms with Crippen molar-refractivity contribution in [3.8, 4) is 11.1 Å². The summed E-state index contributed by atoms with van der Waals surface area (Å²) in [5.41, 5.74) is 7.94. The Balaban J connectivity index is 1.72. The van der Waals surface area contributed by atoms with Crippen molar-refractivity contribution in [3.63, 3.8) is 0 Å². The predicted molar refractivity (Wildman–Crippen MR) is 126 cm³/mol. The zero-order valence-corrected chi connectivity index (χ0v) is 18.7. The number of rotatable bonds is 4. The molecule has 0 aliphatic carbocycles. The Morgan fingerprint density at radius 2 is 1.80 bits per heavy atom. The number of benzene rings is 1. The number of H-pyrrole nitrogens is 1. The highest BCUT2D eigenvalue weighted by Crippen LogP contribution is 2.46. The highest BCUT2D eigenvalue weighted by molar-refractivity contribution is 14.1. The molecule has 5 aromatic rings. The number of nitrogens with zero attached hydrogens (tertiary/aromatic N) is 3. The normalized spacial score (nSPS) is 13.4. The highest BCUT2D eigenvalue weighted by Gasteiger charge is 2.37. The van der Waals surface area contributed by atoms with Crippen molar-refractivity contribution < 1.29 is 4.52 Å². The summed E-state index contributed by atoms with van der Waals surface area (Å²) >= 11 is 2.50. The Bertz CT molecular complexity index is 1270. The summed E-state index contributed by atoms with van der Waals surface area (Å²) in [6.07, 6.45) is 5.78. The zero-order valence-electron chi connectivity index (χ0n) is 16.6. The van der Waals surface area contributed by atoms with Gasteiger partial charge in [0, 0.05) is 35.3 Å². The van der Waals surface area contributed by atoms with E-state index in [1.165, 1.54) is 0 Å². The number of aromatic amines is 1. The Kier molecular flexibility index (Phi) is 4.66. The quantitative estimate of drug-likeness (QED) is 0.242. The number of hydrogen-bond acceptors (Lipinski definition) is 4. The fourth-order valence-electron chi connectivity index (χ4n) is 3.98. The lowest BCUT2D eigenvalue weighted by molar-refractivity contribution is 0.393. The van der Waals surface area contributed by atoms with E-state index in [-0.39, 0.29) is 0 Å². The first-order chi connectivity index (χ1) is 14.6. The molecule has 4 heterocycles. The topological polar surface area (TPSA) is 67.6 Å². The summed E-state index contributed by atoms with van der Waals surface area (Å²) in [6, 6.07) is 18.6. The molecule has 6 heteroatoms. The van der Waals surface area contributed by atoms with Crippen LogP contribution in [0, 0.1) is 13.8 Å². The Labute approximate surface area is 187 Å². The van der Waals surface area contributed by atoms with E-state index in [1.54, 1.807) is 0 Å². The lowest BCUT2D eigenvalue weighted by atomic mass is 9.88. The van der Waals surface area contributed by atoms with E-state index in [2.05, 4.69) is 69.1 Å². The van der Waals surface area contributed by atoms with Gasteiger partial charge in [-0.1, -0.05) is 64.1 Å². The highest BCUT2D eigenvalue weighted by atomic mass is 127. The maximum absolute atomic E-state index is 5.34. The molecule has 0 bridgehead atoms. The van der Waals surface area contributed by atoms with E-state index in [0.29, 0.717) is 0 Å². The van der Waals surface area contributed by atoms with Gasteiger partial charge in [0.25, 0.3) is 0 Å². The number of pyridine rings is 2. The molecule has 5 nitrogen and oxygen atoms in total. The second kappa shape index (κ2) is 7.36. The minimum atomic E-state index is -0.476. The Morgan fingerprint density at radius 1 is 1.00 bits per heavy atom. The average molecular weight is 506 g/mol. The summed E-state index contributed by atoms with van der Waals surface area (Å²) in [4.78, 5) is 13.0. The number of aryl methyl sites for hydroxylation is 2. The SMILES string of the molecule is Cc1noc(C)c1-c1cnc2c(C(I)(c3ccccc3)c3ccccn3)c[nH]c2c1. The van der Waals surface area contributed by atoms with Gasteiger partial charge < -0.3 is 9.51 Å². The van der Waals surface area contributed by atoms with Gasteiger partial charge in [-0.2, -0.15) is 0 Å². The molecule has 1 atom stereocenters. The minimum absolute atomic E-state index is 0.476. The molecule has 0 aliphatic heterocycles. The van der Waals surface area contributed by atoms with Gasteiger partial charge >= 0.3 is 0 Å². The number of alkyl halides is 1. The third kappa shape index (κ3) is 2.94. The first kappa shape index (κ1) is 19.0. The Hall–Kier alpha value is -3.00. The summed E-state index contributed by atoms with van der Waals surface area (Å²) < 4.78 is 4.86. The van der Waals surface area contributed by atoms with Crippen LogP contribution in [-0.2, 0) is 3.42 Å². The van der Waals surface area contributed by atoms with Gasteiger partial charge in [-0.25, -0.2) is 0 Å². The van der Waals surface area contributed by atoms with Gasteiger partial charge in [-0.3, -0.25) is 9.97 Å². The summed E-state index contributed by atoms with van der Waals surface area (Å²) in [5.74, 6) is 0.793. The lowest BCUT2D eigenvalue weighted by Crippen LogP contribution is -2.22. The first-order valence-electron chi connectivity index (χ1n) is 9.66. The lowest BCUT2D eigenvalue weighted by Gasteiger charge is -2.27. The van der Waals surface area contributed by atoms with Gasteiger partial charge in [0.1, 0.15) is 9.18 Å². The van der Waals surface area contributed by atoms with Crippen molar-refractivity contribution in [2.24, 2.45) is 0 Å². The number of fused-ring (bicyclic) bond motifs is 1. The van der Waals surface area contributed by atoms with Crippen molar-refractivity contribution >= 4 is 33.6 Å². The van der Waals surface area contributed by atoms with Gasteiger partial charge in [-0.15, -0.1) is 0 Å². The Morgan fingerprint density at radius 3 is 2.50 bits per heavy atom. The number of nitrogens with one attached hydrogen (secondary N) is 1. The van der Waals surface area contributed by atoms with E-state index >= 15 is 0 Å². The van der Waals surface area contributed by atoms with Crippen LogP contribution in [0.3, 0.4) is 0 Å². The van der Waals surface area contributed by atoms with Crippen LogP contribution >= 0.6 is 22.6 Å². The number of hydrogen-bond donors (Lipinski definition) is 1. The predicted octanol–water partition coefficient (Wildman–Crippen LogP) is 5.96. The zero-order chi connectivity index (χ0) is 20.7. The monoisotopic (exact) mass is 506 g/mol. The van der Waals surface area contributed by atoms with Crippen molar-refractivity contribution in [1.29, 1.82) is 0 Å². The summed E-state index contributed by atoms with van der Waals surface area (Å²) in [6.45, 7) is 3.87. The van der Waals surface area contributed by atoms with Crippen LogP contribution in [0.15, 0.2) is 77.7 Å². The van der Waals surface area contributed by atoms with Gasteiger partial charge in [0.15, 0.2) is 0 Å².